The minimum atomic E-state index is -0.758. The summed E-state index contributed by atoms with van der Waals surface area (Å²) >= 11 is 0. The third-order valence-electron chi connectivity index (χ3n) is 11.1. The number of hydrogen-bond acceptors (Lipinski definition) is 6. The van der Waals surface area contributed by atoms with Crippen molar-refractivity contribution in [2.75, 3.05) is 13.2 Å². The second-order valence-corrected chi connectivity index (χ2v) is 16.7. The maximum atomic E-state index is 12.7. The number of rotatable bonds is 45. The van der Waals surface area contributed by atoms with E-state index in [4.69, 9.17) is 14.2 Å². The Kier molecular flexibility index (Phi) is 43.8. The minimum Gasteiger partial charge on any atom is -0.462 e. The fourth-order valence-electron chi connectivity index (χ4n) is 7.38. The lowest BCUT2D eigenvalue weighted by molar-refractivity contribution is -0.167. The van der Waals surface area contributed by atoms with Gasteiger partial charge in [0.25, 0.3) is 0 Å². The zero-order chi connectivity index (χ0) is 40.1. The zero-order valence-corrected chi connectivity index (χ0v) is 37.2. The molecule has 1 atom stereocenters. The standard InChI is InChI=1S/C49H94O6/c1-4-7-10-13-16-19-22-24-26-28-31-34-37-40-43-49(52)55-46(44-53-47(50)41-38-35-32-29-21-18-15-12-9-6-3)45-54-48(51)42-39-36-33-30-27-25-23-20-17-14-11-8-5-2/h46H,4-45H2,1-3H3/t46-/m1/s1. The van der Waals surface area contributed by atoms with Crippen LogP contribution in [0.5, 0.6) is 0 Å². The van der Waals surface area contributed by atoms with Gasteiger partial charge in [-0.15, -0.1) is 0 Å². The van der Waals surface area contributed by atoms with Crippen molar-refractivity contribution in [3.63, 3.8) is 0 Å². The van der Waals surface area contributed by atoms with Gasteiger partial charge in [-0.25, -0.2) is 0 Å². The van der Waals surface area contributed by atoms with Gasteiger partial charge in [-0.2, -0.15) is 0 Å². The Morgan fingerprint density at radius 3 is 0.727 bits per heavy atom. The van der Waals surface area contributed by atoms with E-state index in [0.717, 1.165) is 57.8 Å². The highest BCUT2D eigenvalue weighted by atomic mass is 16.6. The van der Waals surface area contributed by atoms with E-state index in [-0.39, 0.29) is 31.1 Å². The van der Waals surface area contributed by atoms with Crippen molar-refractivity contribution in [2.45, 2.75) is 284 Å². The number of ether oxygens (including phenoxy) is 3. The average molecular weight is 779 g/mol. The van der Waals surface area contributed by atoms with E-state index in [1.165, 1.54) is 180 Å². The van der Waals surface area contributed by atoms with Crippen molar-refractivity contribution in [3.05, 3.63) is 0 Å². The molecule has 6 nitrogen and oxygen atoms in total. The van der Waals surface area contributed by atoms with Crippen LogP contribution in [-0.2, 0) is 28.6 Å². The summed E-state index contributed by atoms with van der Waals surface area (Å²) in [6.07, 6.45) is 46.5. The van der Waals surface area contributed by atoms with Crippen LogP contribution in [0.2, 0.25) is 0 Å². The van der Waals surface area contributed by atoms with Crippen molar-refractivity contribution in [1.82, 2.24) is 0 Å². The Labute approximate surface area is 342 Å². The van der Waals surface area contributed by atoms with E-state index in [9.17, 15) is 14.4 Å². The summed E-state index contributed by atoms with van der Waals surface area (Å²) < 4.78 is 16.8. The summed E-state index contributed by atoms with van der Waals surface area (Å²) in [5.74, 6) is -0.846. The number of unbranched alkanes of at least 4 members (excludes halogenated alkanes) is 34. The molecule has 0 aromatic carbocycles. The number of carbonyl (C=O) groups is 3. The van der Waals surface area contributed by atoms with Gasteiger partial charge in [0.05, 0.1) is 0 Å². The largest absolute Gasteiger partial charge is 0.462 e. The number of carbonyl (C=O) groups excluding carboxylic acids is 3. The van der Waals surface area contributed by atoms with E-state index in [2.05, 4.69) is 20.8 Å². The lowest BCUT2D eigenvalue weighted by atomic mass is 10.0. The normalized spacial score (nSPS) is 11.8. The Hall–Kier alpha value is -1.59. The van der Waals surface area contributed by atoms with E-state index in [1.54, 1.807) is 0 Å². The molecule has 0 rings (SSSR count). The van der Waals surface area contributed by atoms with E-state index >= 15 is 0 Å². The first-order valence-electron chi connectivity index (χ1n) is 24.5. The molecule has 0 spiro atoms. The summed E-state index contributed by atoms with van der Waals surface area (Å²) in [6, 6.07) is 0. The minimum absolute atomic E-state index is 0.0622. The fraction of sp³-hybridized carbons (Fsp3) is 0.939. The van der Waals surface area contributed by atoms with Gasteiger partial charge >= 0.3 is 17.9 Å². The van der Waals surface area contributed by atoms with Crippen molar-refractivity contribution in [2.24, 2.45) is 0 Å². The topological polar surface area (TPSA) is 78.9 Å². The Morgan fingerprint density at radius 2 is 0.491 bits per heavy atom. The summed E-state index contributed by atoms with van der Waals surface area (Å²) in [5, 5.41) is 0. The molecule has 0 saturated carbocycles. The quantitative estimate of drug-likeness (QED) is 0.0348. The van der Waals surface area contributed by atoms with Crippen molar-refractivity contribution >= 4 is 17.9 Å². The summed E-state index contributed by atoms with van der Waals surface area (Å²) in [6.45, 7) is 6.66. The highest BCUT2D eigenvalue weighted by Crippen LogP contribution is 2.16. The van der Waals surface area contributed by atoms with Crippen LogP contribution in [0.3, 0.4) is 0 Å². The summed E-state index contributed by atoms with van der Waals surface area (Å²) in [4.78, 5) is 37.8. The van der Waals surface area contributed by atoms with Crippen LogP contribution in [0.4, 0.5) is 0 Å². The van der Waals surface area contributed by atoms with Crippen LogP contribution in [0, 0.1) is 0 Å². The van der Waals surface area contributed by atoms with Gasteiger partial charge in [-0.05, 0) is 19.3 Å². The maximum Gasteiger partial charge on any atom is 0.306 e. The van der Waals surface area contributed by atoms with Crippen LogP contribution in [0.1, 0.15) is 278 Å². The molecule has 6 heteroatoms. The molecule has 55 heavy (non-hydrogen) atoms. The molecule has 0 radical (unpaired) electrons. The molecule has 326 valence electrons. The van der Waals surface area contributed by atoms with Crippen LogP contribution in [0.15, 0.2) is 0 Å². The van der Waals surface area contributed by atoms with Crippen molar-refractivity contribution in [3.8, 4) is 0 Å². The predicted molar refractivity (Wildman–Crippen MR) is 233 cm³/mol. The zero-order valence-electron chi connectivity index (χ0n) is 37.2. The molecule has 0 fully saturated rings. The molecule has 0 aliphatic carbocycles. The molecule has 0 aromatic heterocycles. The summed E-state index contributed by atoms with van der Waals surface area (Å²) in [7, 11) is 0. The first kappa shape index (κ1) is 53.4. The van der Waals surface area contributed by atoms with Crippen LogP contribution in [0.25, 0.3) is 0 Å². The molecule has 0 aromatic rings. The van der Waals surface area contributed by atoms with Gasteiger partial charge in [-0.1, -0.05) is 239 Å². The van der Waals surface area contributed by atoms with Gasteiger partial charge in [0.1, 0.15) is 13.2 Å². The molecule has 0 aliphatic rings. The Bertz CT molecular complexity index is 813. The first-order chi connectivity index (χ1) is 27.0. The van der Waals surface area contributed by atoms with E-state index in [0.29, 0.717) is 19.3 Å². The first-order valence-corrected chi connectivity index (χ1v) is 24.5. The average Bonchev–Trinajstić information content (AvgIpc) is 3.18. The molecule has 0 bridgehead atoms. The van der Waals surface area contributed by atoms with Crippen LogP contribution in [-0.4, -0.2) is 37.2 Å². The second kappa shape index (κ2) is 45.1. The lowest BCUT2D eigenvalue weighted by Gasteiger charge is -2.18. The predicted octanol–water partition coefficient (Wildman–Crippen LogP) is 15.6. The van der Waals surface area contributed by atoms with Gasteiger partial charge < -0.3 is 14.2 Å². The van der Waals surface area contributed by atoms with E-state index in [1.807, 2.05) is 0 Å². The second-order valence-electron chi connectivity index (χ2n) is 16.7. The van der Waals surface area contributed by atoms with Gasteiger partial charge in [0.2, 0.25) is 0 Å². The Morgan fingerprint density at radius 1 is 0.291 bits per heavy atom. The molecule has 0 amide bonds. The third-order valence-corrected chi connectivity index (χ3v) is 11.1. The Balaban J connectivity index is 4.30. The molecule has 0 unspecified atom stereocenters. The number of esters is 3. The van der Waals surface area contributed by atoms with Gasteiger partial charge in [-0.3, -0.25) is 14.4 Å². The molecule has 0 saturated heterocycles. The molecule has 0 aliphatic heterocycles. The third kappa shape index (κ3) is 43.4. The fourth-order valence-corrected chi connectivity index (χ4v) is 7.38. The van der Waals surface area contributed by atoms with E-state index < -0.39 is 6.10 Å². The van der Waals surface area contributed by atoms with Crippen molar-refractivity contribution < 1.29 is 28.6 Å². The van der Waals surface area contributed by atoms with Crippen LogP contribution >= 0.6 is 0 Å². The SMILES string of the molecule is CCCCCCCCCCCCCCCCC(=O)O[C@H](COC(=O)CCCCCCCCCCCC)COC(=O)CCCCCCCCCCCCCCC. The number of hydrogen-bond donors (Lipinski definition) is 0. The molecule has 0 heterocycles. The molecular formula is C49H94O6. The monoisotopic (exact) mass is 779 g/mol. The smallest absolute Gasteiger partial charge is 0.306 e. The summed E-state index contributed by atoms with van der Waals surface area (Å²) in [5.41, 5.74) is 0. The highest BCUT2D eigenvalue weighted by molar-refractivity contribution is 5.71. The molecular weight excluding hydrogens is 685 g/mol. The lowest BCUT2D eigenvalue weighted by Crippen LogP contribution is -2.30. The van der Waals surface area contributed by atoms with Crippen molar-refractivity contribution in [1.29, 1.82) is 0 Å². The van der Waals surface area contributed by atoms with Gasteiger partial charge in [0.15, 0.2) is 6.10 Å². The van der Waals surface area contributed by atoms with Gasteiger partial charge in [0, 0.05) is 19.3 Å². The van der Waals surface area contributed by atoms with Crippen LogP contribution < -0.4 is 0 Å². The maximum absolute atomic E-state index is 12.7. The molecule has 0 N–H and O–H groups in total. The highest BCUT2D eigenvalue weighted by Gasteiger charge is 2.19.